The van der Waals surface area contributed by atoms with Crippen LogP contribution in [0, 0.1) is 0 Å². The Balaban J connectivity index is 1.40. The minimum atomic E-state index is -0.433. The van der Waals surface area contributed by atoms with Gasteiger partial charge in [0.05, 0.1) is 17.9 Å². The van der Waals surface area contributed by atoms with Gasteiger partial charge in [0.1, 0.15) is 13.2 Å². The monoisotopic (exact) mass is 446 g/mol. The number of pyridine rings is 1. The lowest BCUT2D eigenvalue weighted by Gasteiger charge is -2.13. The second-order valence-electron chi connectivity index (χ2n) is 7.28. The van der Waals surface area contributed by atoms with Crippen LogP contribution in [0.5, 0.6) is 11.5 Å². The Morgan fingerprint density at radius 1 is 1.00 bits per heavy atom. The fraction of sp³-hybridized carbons (Fsp3) is 0.167. The number of nitrogens with one attached hydrogen (secondary N) is 2. The number of nitrogens with zero attached hydrogens (tertiary/aromatic N) is 2. The molecular formula is C24H22N4O5. The maximum absolute atomic E-state index is 12.6. The molecule has 9 nitrogen and oxygen atoms in total. The van der Waals surface area contributed by atoms with Crippen molar-refractivity contribution in [2.45, 2.75) is 19.7 Å². The summed E-state index contributed by atoms with van der Waals surface area (Å²) in [6, 6.07) is 15.6. The van der Waals surface area contributed by atoms with E-state index in [2.05, 4.69) is 15.4 Å². The van der Waals surface area contributed by atoms with Gasteiger partial charge < -0.3 is 14.8 Å². The molecule has 2 heterocycles. The molecule has 168 valence electrons. The van der Waals surface area contributed by atoms with E-state index in [9.17, 15) is 14.4 Å². The molecule has 0 saturated carbocycles. The van der Waals surface area contributed by atoms with Gasteiger partial charge in [0, 0.05) is 18.9 Å². The molecule has 0 unspecified atom stereocenters. The third-order valence-electron chi connectivity index (χ3n) is 5.05. The zero-order valence-corrected chi connectivity index (χ0v) is 17.9. The summed E-state index contributed by atoms with van der Waals surface area (Å²) in [6.07, 6.45) is 3.40. The van der Waals surface area contributed by atoms with Crippen LogP contribution in [0.15, 0.2) is 76.6 Å². The molecule has 2 N–H and O–H groups in total. The number of hydrogen-bond donors (Lipinski definition) is 2. The second-order valence-corrected chi connectivity index (χ2v) is 7.28. The lowest BCUT2D eigenvalue weighted by Crippen LogP contribution is -2.36. The van der Waals surface area contributed by atoms with E-state index in [4.69, 9.17) is 9.47 Å². The summed E-state index contributed by atoms with van der Waals surface area (Å²) < 4.78 is 12.2. The van der Waals surface area contributed by atoms with Gasteiger partial charge in [-0.25, -0.2) is 4.68 Å². The van der Waals surface area contributed by atoms with E-state index in [1.807, 2.05) is 18.2 Å². The molecular weight excluding hydrogens is 424 g/mol. The molecule has 0 aliphatic carbocycles. The predicted molar refractivity (Wildman–Crippen MR) is 122 cm³/mol. The minimum Gasteiger partial charge on any atom is -0.493 e. The molecule has 0 radical (unpaired) electrons. The average molecular weight is 446 g/mol. The number of H-pyrrole nitrogens is 1. The van der Waals surface area contributed by atoms with E-state index in [1.54, 1.807) is 55.9 Å². The Bertz CT molecular complexity index is 1400. The van der Waals surface area contributed by atoms with Gasteiger partial charge in [-0.3, -0.25) is 24.5 Å². The topological polar surface area (TPSA) is 115 Å². The van der Waals surface area contributed by atoms with E-state index in [0.717, 1.165) is 15.8 Å². The second kappa shape index (κ2) is 9.82. The highest BCUT2D eigenvalue weighted by Crippen LogP contribution is 2.28. The molecule has 0 atom stereocenters. The van der Waals surface area contributed by atoms with Crippen molar-refractivity contribution < 1.29 is 14.3 Å². The van der Waals surface area contributed by atoms with Crippen LogP contribution < -0.4 is 25.9 Å². The standard InChI is InChI=1S/C24H22N4O5/c1-32-21-12-17(6-7-20(21)33-15-16-8-10-25-11-9-16)13-26-22(29)14-28-24(31)19-5-3-2-4-18(19)23(30)27-28/h2-12H,13-15H2,1H3,(H,26,29)(H,27,30). The number of carbonyl (C=O) groups excluding carboxylic acids is 1. The van der Waals surface area contributed by atoms with E-state index in [1.165, 1.54) is 0 Å². The van der Waals surface area contributed by atoms with E-state index in [0.29, 0.717) is 18.1 Å². The van der Waals surface area contributed by atoms with Crippen molar-refractivity contribution in [3.63, 3.8) is 0 Å². The van der Waals surface area contributed by atoms with Crippen molar-refractivity contribution in [3.8, 4) is 11.5 Å². The highest BCUT2D eigenvalue weighted by molar-refractivity contribution is 5.81. The van der Waals surface area contributed by atoms with Gasteiger partial charge in [-0.1, -0.05) is 18.2 Å². The van der Waals surface area contributed by atoms with Crippen LogP contribution in [-0.2, 0) is 24.5 Å². The number of aromatic amines is 1. The highest BCUT2D eigenvalue weighted by Gasteiger charge is 2.11. The van der Waals surface area contributed by atoms with Crippen LogP contribution in [0.2, 0.25) is 0 Å². The summed E-state index contributed by atoms with van der Waals surface area (Å²) >= 11 is 0. The van der Waals surface area contributed by atoms with Crippen molar-refractivity contribution >= 4 is 16.7 Å². The van der Waals surface area contributed by atoms with Crippen LogP contribution in [0.3, 0.4) is 0 Å². The summed E-state index contributed by atoms with van der Waals surface area (Å²) in [5.41, 5.74) is 0.906. The fourth-order valence-electron chi connectivity index (χ4n) is 3.34. The predicted octanol–water partition coefficient (Wildman–Crippen LogP) is 1.99. The fourth-order valence-corrected chi connectivity index (χ4v) is 3.34. The Morgan fingerprint density at radius 2 is 1.76 bits per heavy atom. The van der Waals surface area contributed by atoms with Crippen LogP contribution in [0.25, 0.3) is 10.8 Å². The number of methoxy groups -OCH3 is 1. The number of benzene rings is 2. The van der Waals surface area contributed by atoms with Gasteiger partial charge in [0.15, 0.2) is 11.5 Å². The third kappa shape index (κ3) is 5.09. The summed E-state index contributed by atoms with van der Waals surface area (Å²) in [7, 11) is 1.54. The number of fused-ring (bicyclic) bond motifs is 1. The smallest absolute Gasteiger partial charge is 0.273 e. The van der Waals surface area contributed by atoms with Crippen molar-refractivity contribution in [1.82, 2.24) is 20.1 Å². The summed E-state index contributed by atoms with van der Waals surface area (Å²) in [6.45, 7) is 0.281. The summed E-state index contributed by atoms with van der Waals surface area (Å²) in [5, 5.41) is 5.75. The van der Waals surface area contributed by atoms with Crippen LogP contribution >= 0.6 is 0 Å². The molecule has 9 heteroatoms. The molecule has 0 bridgehead atoms. The van der Waals surface area contributed by atoms with Crippen molar-refractivity contribution in [3.05, 3.63) is 98.8 Å². The molecule has 33 heavy (non-hydrogen) atoms. The molecule has 0 saturated heterocycles. The molecule has 0 spiro atoms. The zero-order chi connectivity index (χ0) is 23.2. The van der Waals surface area contributed by atoms with Gasteiger partial charge in [-0.05, 0) is 47.5 Å². The molecule has 1 amide bonds. The lowest BCUT2D eigenvalue weighted by atomic mass is 10.2. The first-order valence-electron chi connectivity index (χ1n) is 10.2. The largest absolute Gasteiger partial charge is 0.493 e. The third-order valence-corrected chi connectivity index (χ3v) is 5.05. The number of aromatic nitrogens is 3. The van der Waals surface area contributed by atoms with Crippen LogP contribution in [-0.4, -0.2) is 27.8 Å². The van der Waals surface area contributed by atoms with Gasteiger partial charge in [-0.15, -0.1) is 0 Å². The van der Waals surface area contributed by atoms with Crippen molar-refractivity contribution in [2.24, 2.45) is 0 Å². The first-order chi connectivity index (χ1) is 16.0. The Morgan fingerprint density at radius 3 is 2.52 bits per heavy atom. The van der Waals surface area contributed by atoms with E-state index in [-0.39, 0.29) is 23.9 Å². The Kier molecular flexibility index (Phi) is 6.49. The summed E-state index contributed by atoms with van der Waals surface area (Å²) in [5.74, 6) is 0.690. The summed E-state index contributed by atoms with van der Waals surface area (Å²) in [4.78, 5) is 41.1. The number of carbonyl (C=O) groups is 1. The maximum atomic E-state index is 12.6. The molecule has 2 aromatic heterocycles. The lowest BCUT2D eigenvalue weighted by molar-refractivity contribution is -0.122. The Labute approximate surface area is 188 Å². The van der Waals surface area contributed by atoms with Crippen LogP contribution in [0.4, 0.5) is 0 Å². The SMILES string of the molecule is COc1cc(CNC(=O)Cn2[nH]c(=O)c3ccccc3c2=O)ccc1OCc1ccncc1. The first-order valence-corrected chi connectivity index (χ1v) is 10.2. The van der Waals surface area contributed by atoms with Crippen LogP contribution in [0.1, 0.15) is 11.1 Å². The minimum absolute atomic E-state index is 0.215. The quantitative estimate of drug-likeness (QED) is 0.428. The number of ether oxygens (including phenoxy) is 2. The van der Waals surface area contributed by atoms with Gasteiger partial charge >= 0.3 is 0 Å². The molecule has 0 aliphatic heterocycles. The number of amides is 1. The highest BCUT2D eigenvalue weighted by atomic mass is 16.5. The van der Waals surface area contributed by atoms with Gasteiger partial charge in [-0.2, -0.15) is 0 Å². The maximum Gasteiger partial charge on any atom is 0.273 e. The van der Waals surface area contributed by atoms with E-state index < -0.39 is 17.0 Å². The number of rotatable bonds is 8. The van der Waals surface area contributed by atoms with E-state index >= 15 is 0 Å². The average Bonchev–Trinajstić information content (AvgIpc) is 2.85. The molecule has 4 aromatic rings. The number of hydrogen-bond acceptors (Lipinski definition) is 6. The normalized spacial score (nSPS) is 10.7. The zero-order valence-electron chi connectivity index (χ0n) is 17.9. The molecule has 0 fully saturated rings. The molecule has 4 rings (SSSR count). The molecule has 2 aromatic carbocycles. The van der Waals surface area contributed by atoms with Gasteiger partial charge in [0.25, 0.3) is 11.1 Å². The first kappa shape index (κ1) is 21.8. The molecule has 0 aliphatic rings. The Hall–Kier alpha value is -4.40. The van der Waals surface area contributed by atoms with Crippen molar-refractivity contribution in [2.75, 3.05) is 7.11 Å². The van der Waals surface area contributed by atoms with Gasteiger partial charge in [0.2, 0.25) is 5.91 Å². The van der Waals surface area contributed by atoms with Crippen molar-refractivity contribution in [1.29, 1.82) is 0 Å².